The molecule has 0 spiro atoms. The first-order chi connectivity index (χ1) is 9.20. The van der Waals surface area contributed by atoms with Crippen molar-refractivity contribution in [1.29, 1.82) is 0 Å². The van der Waals surface area contributed by atoms with E-state index in [2.05, 4.69) is 4.98 Å². The molecule has 4 saturated carbocycles. The van der Waals surface area contributed by atoms with Crippen LogP contribution in [0.4, 0.5) is 0 Å². The first-order valence-corrected chi connectivity index (χ1v) is 7.40. The van der Waals surface area contributed by atoms with Crippen LogP contribution < -0.4 is 0 Å². The third-order valence-corrected chi connectivity index (χ3v) is 5.60. The fourth-order valence-electron chi connectivity index (χ4n) is 5.14. The lowest BCUT2D eigenvalue weighted by Gasteiger charge is -2.54. The van der Waals surface area contributed by atoms with Crippen molar-refractivity contribution in [3.63, 3.8) is 0 Å². The van der Waals surface area contributed by atoms with E-state index in [1.807, 2.05) is 6.07 Å². The third kappa shape index (κ3) is 1.78. The standard InChI is InChI=1S/C16H19NO2/c18-16(19)11-1-2-14(17-8-11)15-12-4-9-3-10(6-12)7-13(15)5-9/h1-2,8-10,12-13,15H,3-7H2,(H,18,19). The lowest BCUT2D eigenvalue weighted by atomic mass is 9.51. The second-order valence-electron chi connectivity index (χ2n) is 6.73. The molecule has 4 aliphatic carbocycles. The number of aromatic carboxylic acids is 1. The van der Waals surface area contributed by atoms with Crippen LogP contribution in [0.2, 0.25) is 0 Å². The maximum absolute atomic E-state index is 10.9. The number of pyridine rings is 1. The highest BCUT2D eigenvalue weighted by Crippen LogP contribution is 2.59. The van der Waals surface area contributed by atoms with Crippen LogP contribution in [0.3, 0.4) is 0 Å². The summed E-state index contributed by atoms with van der Waals surface area (Å²) < 4.78 is 0. The van der Waals surface area contributed by atoms with Crippen molar-refractivity contribution in [1.82, 2.24) is 4.98 Å². The molecule has 1 heterocycles. The van der Waals surface area contributed by atoms with Gasteiger partial charge in [-0.15, -0.1) is 0 Å². The Morgan fingerprint density at radius 3 is 2.16 bits per heavy atom. The highest BCUT2D eigenvalue weighted by Gasteiger charge is 2.48. The van der Waals surface area contributed by atoms with Gasteiger partial charge in [0.1, 0.15) is 0 Å². The van der Waals surface area contributed by atoms with Crippen molar-refractivity contribution in [3.8, 4) is 0 Å². The Morgan fingerprint density at radius 1 is 1.05 bits per heavy atom. The van der Waals surface area contributed by atoms with Gasteiger partial charge in [0.15, 0.2) is 0 Å². The molecular weight excluding hydrogens is 238 g/mol. The van der Waals surface area contributed by atoms with Gasteiger partial charge in [-0.25, -0.2) is 4.79 Å². The number of hydrogen-bond donors (Lipinski definition) is 1. The Bertz CT molecular complexity index is 480. The van der Waals surface area contributed by atoms with Gasteiger partial charge >= 0.3 is 5.97 Å². The summed E-state index contributed by atoms with van der Waals surface area (Å²) in [5.41, 5.74) is 1.44. The average Bonchev–Trinajstić information content (AvgIpc) is 2.38. The Hall–Kier alpha value is -1.38. The maximum Gasteiger partial charge on any atom is 0.337 e. The summed E-state index contributed by atoms with van der Waals surface area (Å²) in [5, 5.41) is 8.95. The van der Waals surface area contributed by atoms with Crippen LogP contribution in [0.1, 0.15) is 54.1 Å². The van der Waals surface area contributed by atoms with Gasteiger partial charge in [-0.1, -0.05) is 0 Å². The predicted octanol–water partition coefficient (Wildman–Crippen LogP) is 3.32. The predicted molar refractivity (Wildman–Crippen MR) is 71.0 cm³/mol. The minimum absolute atomic E-state index is 0.299. The molecule has 1 aromatic rings. The molecule has 0 amide bonds. The van der Waals surface area contributed by atoms with Crippen molar-refractivity contribution in [2.45, 2.75) is 38.0 Å². The molecule has 0 aromatic carbocycles. The molecule has 0 aliphatic heterocycles. The molecule has 100 valence electrons. The van der Waals surface area contributed by atoms with Crippen LogP contribution in [-0.4, -0.2) is 16.1 Å². The molecule has 4 aliphatic rings. The zero-order valence-corrected chi connectivity index (χ0v) is 11.0. The van der Waals surface area contributed by atoms with Crippen LogP contribution in [0.5, 0.6) is 0 Å². The van der Waals surface area contributed by atoms with E-state index in [1.54, 1.807) is 6.07 Å². The zero-order valence-electron chi connectivity index (χ0n) is 11.0. The lowest BCUT2D eigenvalue weighted by molar-refractivity contribution is -0.00415. The highest BCUT2D eigenvalue weighted by atomic mass is 16.4. The van der Waals surface area contributed by atoms with E-state index in [-0.39, 0.29) is 0 Å². The van der Waals surface area contributed by atoms with E-state index in [0.717, 1.165) is 29.4 Å². The molecule has 4 fully saturated rings. The van der Waals surface area contributed by atoms with Crippen molar-refractivity contribution in [2.24, 2.45) is 23.7 Å². The summed E-state index contributed by atoms with van der Waals surface area (Å²) in [4.78, 5) is 15.4. The van der Waals surface area contributed by atoms with Crippen LogP contribution in [0.15, 0.2) is 18.3 Å². The topological polar surface area (TPSA) is 50.2 Å². The van der Waals surface area contributed by atoms with Gasteiger partial charge in [0, 0.05) is 17.8 Å². The van der Waals surface area contributed by atoms with Gasteiger partial charge in [0.05, 0.1) is 5.56 Å². The van der Waals surface area contributed by atoms with Gasteiger partial charge in [0.2, 0.25) is 0 Å². The number of aromatic nitrogens is 1. The lowest BCUT2D eigenvalue weighted by Crippen LogP contribution is -2.44. The van der Waals surface area contributed by atoms with Crippen LogP contribution in [0, 0.1) is 23.7 Å². The number of hydrogen-bond acceptors (Lipinski definition) is 2. The third-order valence-electron chi connectivity index (χ3n) is 5.60. The minimum atomic E-state index is -0.885. The highest BCUT2D eigenvalue weighted by molar-refractivity contribution is 5.87. The van der Waals surface area contributed by atoms with Gasteiger partial charge < -0.3 is 5.11 Å². The van der Waals surface area contributed by atoms with Gasteiger partial charge in [-0.05, 0) is 67.9 Å². The monoisotopic (exact) mass is 257 g/mol. The molecule has 1 aromatic heterocycles. The summed E-state index contributed by atoms with van der Waals surface area (Å²) in [7, 11) is 0. The molecule has 0 atom stereocenters. The fraction of sp³-hybridized carbons (Fsp3) is 0.625. The largest absolute Gasteiger partial charge is 0.478 e. The number of rotatable bonds is 2. The first kappa shape index (κ1) is 11.4. The van der Waals surface area contributed by atoms with Gasteiger partial charge in [0.25, 0.3) is 0 Å². The zero-order chi connectivity index (χ0) is 13.0. The fourth-order valence-corrected chi connectivity index (χ4v) is 5.14. The smallest absolute Gasteiger partial charge is 0.337 e. The molecule has 3 heteroatoms. The number of carboxylic acids is 1. The molecular formula is C16H19NO2. The Kier molecular flexibility index (Phi) is 2.44. The van der Waals surface area contributed by atoms with Crippen molar-refractivity contribution >= 4 is 5.97 Å². The number of carboxylic acid groups (broad SMARTS) is 1. The molecule has 19 heavy (non-hydrogen) atoms. The van der Waals surface area contributed by atoms with E-state index in [9.17, 15) is 4.79 Å². The second kappa shape index (κ2) is 4.06. The van der Waals surface area contributed by atoms with Crippen LogP contribution in [-0.2, 0) is 0 Å². The normalized spacial score (nSPS) is 39.5. The molecule has 4 bridgehead atoms. The SMILES string of the molecule is O=C(O)c1ccc(C2C3CC4CC(C3)CC2C4)nc1. The average molecular weight is 257 g/mol. The van der Waals surface area contributed by atoms with Crippen molar-refractivity contribution < 1.29 is 9.90 Å². The molecule has 3 nitrogen and oxygen atoms in total. The molecule has 5 rings (SSSR count). The second-order valence-corrected chi connectivity index (χ2v) is 6.73. The Balaban J connectivity index is 1.63. The van der Waals surface area contributed by atoms with Gasteiger partial charge in [-0.3, -0.25) is 4.98 Å². The number of carbonyl (C=O) groups is 1. The van der Waals surface area contributed by atoms with Gasteiger partial charge in [-0.2, -0.15) is 0 Å². The first-order valence-electron chi connectivity index (χ1n) is 7.40. The van der Waals surface area contributed by atoms with E-state index in [1.165, 1.54) is 38.3 Å². The van der Waals surface area contributed by atoms with Crippen LogP contribution in [0.25, 0.3) is 0 Å². The number of nitrogens with zero attached hydrogens (tertiary/aromatic N) is 1. The summed E-state index contributed by atoms with van der Waals surface area (Å²) in [6, 6.07) is 3.67. The maximum atomic E-state index is 10.9. The van der Waals surface area contributed by atoms with E-state index in [0.29, 0.717) is 11.5 Å². The Labute approximate surface area is 113 Å². The van der Waals surface area contributed by atoms with E-state index < -0.39 is 5.97 Å². The summed E-state index contributed by atoms with van der Waals surface area (Å²) in [6.07, 6.45) is 8.49. The van der Waals surface area contributed by atoms with Crippen LogP contribution >= 0.6 is 0 Å². The van der Waals surface area contributed by atoms with Crippen molar-refractivity contribution in [2.75, 3.05) is 0 Å². The quantitative estimate of drug-likeness (QED) is 0.884. The minimum Gasteiger partial charge on any atom is -0.478 e. The van der Waals surface area contributed by atoms with Crippen molar-refractivity contribution in [3.05, 3.63) is 29.6 Å². The van der Waals surface area contributed by atoms with E-state index in [4.69, 9.17) is 5.11 Å². The molecule has 0 saturated heterocycles. The Morgan fingerprint density at radius 2 is 1.68 bits per heavy atom. The summed E-state index contributed by atoms with van der Waals surface area (Å²) in [6.45, 7) is 0. The molecule has 0 unspecified atom stereocenters. The molecule has 1 N–H and O–H groups in total. The summed E-state index contributed by atoms with van der Waals surface area (Å²) >= 11 is 0. The van der Waals surface area contributed by atoms with E-state index >= 15 is 0 Å². The molecule has 0 radical (unpaired) electrons. The summed E-state index contributed by atoms with van der Waals surface area (Å²) in [5.74, 6) is 3.26.